The van der Waals surface area contributed by atoms with Gasteiger partial charge in [0.25, 0.3) is 0 Å². The molecule has 7 heteroatoms. The summed E-state index contributed by atoms with van der Waals surface area (Å²) in [5.41, 5.74) is 4.75. The number of unbranched alkanes of at least 4 members (excludes halogenated alkanes) is 30. The molecule has 0 aliphatic heterocycles. The van der Waals surface area contributed by atoms with Crippen molar-refractivity contribution in [1.82, 2.24) is 11.5 Å². The van der Waals surface area contributed by atoms with E-state index in [1.54, 1.807) is 0 Å². The Balaban J connectivity index is -0.00000198. The van der Waals surface area contributed by atoms with Gasteiger partial charge in [0.2, 0.25) is 0 Å². The minimum absolute atomic E-state index is 0. The summed E-state index contributed by atoms with van der Waals surface area (Å²) in [6, 6.07) is 0. The molecule has 0 aromatic carbocycles. The minimum atomic E-state index is -1.03. The number of nitrogens with two attached hydrogens (primary N) is 1. The van der Waals surface area contributed by atoms with Crippen LogP contribution in [-0.4, -0.2) is 55.2 Å². The van der Waals surface area contributed by atoms with E-state index >= 15 is 0 Å². The van der Waals surface area contributed by atoms with Crippen LogP contribution in [0.2, 0.25) is 0 Å². The van der Waals surface area contributed by atoms with E-state index in [-0.39, 0.29) is 18.7 Å². The first-order valence-electron chi connectivity index (χ1n) is 20.9. The van der Waals surface area contributed by atoms with Crippen molar-refractivity contribution in [1.29, 1.82) is 5.41 Å². The summed E-state index contributed by atoms with van der Waals surface area (Å²) >= 11 is 0. The fourth-order valence-corrected chi connectivity index (χ4v) is 6.46. The van der Waals surface area contributed by atoms with Crippen molar-refractivity contribution >= 4 is 11.9 Å². The highest BCUT2D eigenvalue weighted by Crippen LogP contribution is 2.16. The number of carboxylic acid groups (broad SMARTS) is 1. The lowest BCUT2D eigenvalue weighted by atomic mass is 10.0. The molecule has 290 valence electrons. The van der Waals surface area contributed by atoms with Crippen molar-refractivity contribution in [2.75, 3.05) is 33.7 Å². The smallest absolute Gasteiger partial charge is 0.322 e. The van der Waals surface area contributed by atoms with Gasteiger partial charge in [0.15, 0.2) is 5.96 Å². The predicted octanol–water partition coefficient (Wildman–Crippen LogP) is 12.3. The summed E-state index contributed by atoms with van der Waals surface area (Å²) in [5, 5.41) is 16.5. The van der Waals surface area contributed by atoms with Crippen molar-refractivity contribution in [2.24, 2.45) is 5.73 Å². The first kappa shape index (κ1) is 51.0. The zero-order valence-corrected chi connectivity index (χ0v) is 33.3. The second-order valence-corrected chi connectivity index (χ2v) is 15.2. The van der Waals surface area contributed by atoms with Gasteiger partial charge in [0.05, 0.1) is 27.2 Å². The number of hydrogen-bond donors (Lipinski definition) is 5. The Morgan fingerprint density at radius 3 is 0.875 bits per heavy atom. The normalized spacial score (nSPS) is 11.1. The zero-order valence-electron chi connectivity index (χ0n) is 33.3. The van der Waals surface area contributed by atoms with Crippen LogP contribution < -0.4 is 17.2 Å². The van der Waals surface area contributed by atoms with Crippen molar-refractivity contribution in [3.05, 3.63) is 0 Å². The Morgan fingerprint density at radius 1 is 0.500 bits per heavy atom. The second-order valence-electron chi connectivity index (χ2n) is 15.2. The van der Waals surface area contributed by atoms with Crippen LogP contribution in [0.3, 0.4) is 0 Å². The van der Waals surface area contributed by atoms with E-state index in [1.807, 2.05) is 0 Å². The predicted molar refractivity (Wildman–Crippen MR) is 214 cm³/mol. The van der Waals surface area contributed by atoms with Crippen molar-refractivity contribution in [3.63, 3.8) is 0 Å². The molecule has 0 saturated carbocycles. The summed E-state index contributed by atoms with van der Waals surface area (Å²) in [6.45, 7) is 7.09. The molecule has 7 nitrogen and oxygen atoms in total. The number of nitrogens with one attached hydrogen (secondary N) is 2. The number of carbonyl (C=O) groups is 1. The molecule has 0 saturated heterocycles. The monoisotopic (exact) mass is 685 g/mol. The highest BCUT2D eigenvalue weighted by Gasteiger charge is 2.13. The molecule has 0 amide bonds. The number of guanidine groups is 1. The van der Waals surface area contributed by atoms with Gasteiger partial charge in [-0.2, -0.15) is 0 Å². The molecule has 0 radical (unpaired) electrons. The Bertz CT molecular complexity index is 592. The number of quaternary nitrogens is 1. The van der Waals surface area contributed by atoms with Gasteiger partial charge in [-0.1, -0.05) is 194 Å². The topological polar surface area (TPSA) is 134 Å². The summed E-state index contributed by atoms with van der Waals surface area (Å²) < 4.78 is 1.25. The molecule has 0 unspecified atom stereocenters. The molecule has 0 aliphatic rings. The van der Waals surface area contributed by atoms with Gasteiger partial charge in [0.1, 0.15) is 6.54 Å². The van der Waals surface area contributed by atoms with Gasteiger partial charge in [-0.15, -0.1) is 0 Å². The van der Waals surface area contributed by atoms with E-state index in [9.17, 15) is 4.79 Å². The van der Waals surface area contributed by atoms with Crippen LogP contribution in [0.1, 0.15) is 219 Å². The van der Waals surface area contributed by atoms with Crippen LogP contribution >= 0.6 is 0 Å². The molecule has 48 heavy (non-hydrogen) atoms. The molecule has 0 aliphatic carbocycles. The lowest BCUT2D eigenvalue weighted by Gasteiger charge is -2.30. The SMILES string of the molecule is CCCCCCCCCCCCCCCCCC[N+](C)(C)CCCCCCCCCCCCCCCCCC.N.N=C(N)NCC(=O)O. The van der Waals surface area contributed by atoms with Crippen molar-refractivity contribution < 1.29 is 14.4 Å². The molecule has 0 aromatic heterocycles. The standard InChI is InChI=1S/C38H80N.C3H7N3O2.H3N/c1-5-7-9-11-13-15-17-19-21-23-25-27-29-31-33-35-37-39(3,4)38-36-34-32-30-28-26-24-22-20-18-16-14-12-10-8-6-2;4-3(5)6-1-2(7)8;/h5-38H2,1-4H3;1H2,(H,7,8)(H4,4,5,6);1H3/q+1;;. The van der Waals surface area contributed by atoms with Crippen molar-refractivity contribution in [2.45, 2.75) is 219 Å². The van der Waals surface area contributed by atoms with Gasteiger partial charge in [0, 0.05) is 0 Å². The molecule has 0 fully saturated rings. The average Bonchev–Trinajstić information content (AvgIpc) is 3.03. The molecule has 0 rings (SSSR count). The van der Waals surface area contributed by atoms with E-state index in [1.165, 1.54) is 223 Å². The third-order valence-corrected chi connectivity index (χ3v) is 9.66. The molecular formula is C41H90N5O2+. The number of rotatable bonds is 36. The van der Waals surface area contributed by atoms with Gasteiger partial charge in [-0.25, -0.2) is 0 Å². The molecule has 0 aromatic rings. The Kier molecular flexibility index (Phi) is 44.5. The Labute approximate surface area is 301 Å². The summed E-state index contributed by atoms with van der Waals surface area (Å²) in [6.07, 6.45) is 46.9. The maximum atomic E-state index is 9.69. The van der Waals surface area contributed by atoms with E-state index in [0.29, 0.717) is 0 Å². The third-order valence-electron chi connectivity index (χ3n) is 9.66. The molecular weight excluding hydrogens is 594 g/mol. The molecule has 0 bridgehead atoms. The van der Waals surface area contributed by atoms with E-state index in [0.717, 1.165) is 0 Å². The van der Waals surface area contributed by atoms with Crippen LogP contribution in [0.5, 0.6) is 0 Å². The van der Waals surface area contributed by atoms with Gasteiger partial charge in [-0.05, 0) is 25.7 Å². The minimum Gasteiger partial charge on any atom is -0.480 e. The van der Waals surface area contributed by atoms with Gasteiger partial charge in [-0.3, -0.25) is 10.2 Å². The Morgan fingerprint density at radius 2 is 0.708 bits per heavy atom. The van der Waals surface area contributed by atoms with Crippen LogP contribution in [-0.2, 0) is 4.79 Å². The number of hydrogen-bond acceptors (Lipinski definition) is 3. The quantitative estimate of drug-likeness (QED) is 0.0194. The van der Waals surface area contributed by atoms with E-state index < -0.39 is 5.97 Å². The summed E-state index contributed by atoms with van der Waals surface area (Å²) in [5.74, 6) is -1.35. The fourth-order valence-electron chi connectivity index (χ4n) is 6.46. The number of carboxylic acids is 1. The molecule has 0 heterocycles. The third kappa shape index (κ3) is 49.1. The molecule has 0 spiro atoms. The van der Waals surface area contributed by atoms with Gasteiger partial charge < -0.3 is 26.8 Å². The maximum Gasteiger partial charge on any atom is 0.322 e. The molecule has 0 atom stereocenters. The lowest BCUT2D eigenvalue weighted by molar-refractivity contribution is -0.890. The maximum absolute atomic E-state index is 9.69. The average molecular weight is 685 g/mol. The van der Waals surface area contributed by atoms with Crippen molar-refractivity contribution in [3.8, 4) is 0 Å². The summed E-state index contributed by atoms with van der Waals surface area (Å²) in [7, 11) is 4.94. The first-order chi connectivity index (χ1) is 22.7. The largest absolute Gasteiger partial charge is 0.480 e. The van der Waals surface area contributed by atoms with E-state index in [4.69, 9.17) is 16.2 Å². The number of aliphatic carboxylic acids is 1. The van der Waals surface area contributed by atoms with E-state index in [2.05, 4.69) is 33.3 Å². The van der Waals surface area contributed by atoms with Crippen LogP contribution in [0, 0.1) is 5.41 Å². The van der Waals surface area contributed by atoms with Crippen LogP contribution in [0.15, 0.2) is 0 Å². The fraction of sp³-hybridized carbons (Fsp3) is 0.951. The highest BCUT2D eigenvalue weighted by molar-refractivity contribution is 5.79. The second kappa shape index (κ2) is 41.8. The zero-order chi connectivity index (χ0) is 35.1. The lowest BCUT2D eigenvalue weighted by Crippen LogP contribution is -2.41. The first-order valence-corrected chi connectivity index (χ1v) is 20.9. The van der Waals surface area contributed by atoms with Crippen LogP contribution in [0.25, 0.3) is 0 Å². The number of nitrogens with zero attached hydrogens (tertiary/aromatic N) is 1. The highest BCUT2D eigenvalue weighted by atomic mass is 16.4. The molecule has 8 N–H and O–H groups in total. The van der Waals surface area contributed by atoms with Crippen LogP contribution in [0.4, 0.5) is 0 Å². The van der Waals surface area contributed by atoms with Gasteiger partial charge >= 0.3 is 5.97 Å². The Hall–Kier alpha value is -1.34. The summed E-state index contributed by atoms with van der Waals surface area (Å²) in [4.78, 5) is 9.69.